The number of rotatable bonds is 8. The molecule has 0 atom stereocenters. The molecule has 2 aromatic carbocycles. The van der Waals surface area contributed by atoms with E-state index in [0.717, 1.165) is 39.8 Å². The van der Waals surface area contributed by atoms with Crippen LogP contribution in [0.3, 0.4) is 0 Å². The van der Waals surface area contributed by atoms with Gasteiger partial charge in [-0.2, -0.15) is 0 Å². The van der Waals surface area contributed by atoms with E-state index in [1.54, 1.807) is 7.11 Å². The number of thiazole rings is 1. The van der Waals surface area contributed by atoms with Crippen LogP contribution in [0.2, 0.25) is 0 Å². The highest BCUT2D eigenvalue weighted by atomic mass is 32.1. The van der Waals surface area contributed by atoms with Crippen molar-refractivity contribution < 1.29 is 18.7 Å². The van der Waals surface area contributed by atoms with Gasteiger partial charge in [-0.1, -0.05) is 12.1 Å². The Hall–Kier alpha value is -3.91. The van der Waals surface area contributed by atoms with Gasteiger partial charge in [0.25, 0.3) is 0 Å². The molecular weight excluding hydrogens is 438 g/mol. The number of furan rings is 1. The minimum absolute atomic E-state index is 0.118. The van der Waals surface area contributed by atoms with Crippen molar-refractivity contribution in [2.75, 3.05) is 17.7 Å². The summed E-state index contributed by atoms with van der Waals surface area (Å²) < 4.78 is 11.1. The lowest BCUT2D eigenvalue weighted by atomic mass is 10.1. The number of aromatic nitrogens is 1. The number of ether oxygens (including phenoxy) is 1. The van der Waals surface area contributed by atoms with Crippen LogP contribution >= 0.6 is 11.3 Å². The summed E-state index contributed by atoms with van der Waals surface area (Å²) in [6.07, 6.45) is 0.778. The smallest absolute Gasteiger partial charge is 0.226 e. The van der Waals surface area contributed by atoms with Crippen molar-refractivity contribution in [2.24, 2.45) is 0 Å². The standard InChI is InChI=1S/C25H23N3O4S/c1-16(29)26-19-7-3-17(4-8-19)22-15-33-25(27-22)28-24(30)14-12-21-11-13-23(32-21)18-5-9-20(31-2)10-6-18/h3-11,13,15H,12,14H2,1-2H3,(H,26,29)(H,27,28,30). The van der Waals surface area contributed by atoms with E-state index in [9.17, 15) is 9.59 Å². The zero-order valence-corrected chi connectivity index (χ0v) is 19.1. The van der Waals surface area contributed by atoms with Crippen LogP contribution in [0.5, 0.6) is 5.75 Å². The third kappa shape index (κ3) is 5.87. The minimum atomic E-state index is -0.126. The number of aryl methyl sites for hydroxylation is 1. The molecule has 168 valence electrons. The number of carbonyl (C=O) groups is 2. The second-order valence-corrected chi connectivity index (χ2v) is 8.20. The maximum atomic E-state index is 12.4. The third-order valence-corrected chi connectivity index (χ3v) is 5.64. The SMILES string of the molecule is COc1ccc(-c2ccc(CCC(=O)Nc3nc(-c4ccc(NC(C)=O)cc4)cs3)o2)cc1. The number of anilines is 2. The first-order chi connectivity index (χ1) is 16.0. The van der Waals surface area contributed by atoms with Gasteiger partial charge in [-0.05, 0) is 48.5 Å². The lowest BCUT2D eigenvalue weighted by molar-refractivity contribution is -0.116. The summed E-state index contributed by atoms with van der Waals surface area (Å²) in [4.78, 5) is 28.0. The van der Waals surface area contributed by atoms with E-state index < -0.39 is 0 Å². The van der Waals surface area contributed by atoms with Gasteiger partial charge in [0.05, 0.1) is 12.8 Å². The number of hydrogen-bond acceptors (Lipinski definition) is 6. The van der Waals surface area contributed by atoms with Crippen LogP contribution in [0.15, 0.2) is 70.5 Å². The third-order valence-electron chi connectivity index (χ3n) is 4.89. The molecule has 2 N–H and O–H groups in total. The van der Waals surface area contributed by atoms with Crippen LogP contribution in [-0.4, -0.2) is 23.9 Å². The van der Waals surface area contributed by atoms with Crippen molar-refractivity contribution in [1.29, 1.82) is 0 Å². The molecule has 8 heteroatoms. The van der Waals surface area contributed by atoms with Crippen molar-refractivity contribution >= 4 is 34.0 Å². The van der Waals surface area contributed by atoms with Crippen molar-refractivity contribution in [3.05, 3.63) is 71.8 Å². The molecule has 4 rings (SSSR count). The highest BCUT2D eigenvalue weighted by Crippen LogP contribution is 2.27. The lowest BCUT2D eigenvalue weighted by Crippen LogP contribution is -2.11. The number of methoxy groups -OCH3 is 1. The van der Waals surface area contributed by atoms with E-state index in [4.69, 9.17) is 9.15 Å². The summed E-state index contributed by atoms with van der Waals surface area (Å²) in [5, 5.41) is 8.00. The van der Waals surface area contributed by atoms with E-state index in [-0.39, 0.29) is 18.2 Å². The highest BCUT2D eigenvalue weighted by molar-refractivity contribution is 7.14. The molecule has 2 aromatic heterocycles. The number of hydrogen-bond donors (Lipinski definition) is 2. The van der Waals surface area contributed by atoms with Crippen molar-refractivity contribution in [1.82, 2.24) is 4.98 Å². The van der Waals surface area contributed by atoms with E-state index in [1.807, 2.05) is 66.0 Å². The van der Waals surface area contributed by atoms with Crippen LogP contribution in [0.25, 0.3) is 22.6 Å². The Morgan fingerprint density at radius 3 is 2.39 bits per heavy atom. The summed E-state index contributed by atoms with van der Waals surface area (Å²) >= 11 is 1.37. The van der Waals surface area contributed by atoms with Gasteiger partial charge in [0, 0.05) is 42.0 Å². The van der Waals surface area contributed by atoms with E-state index in [2.05, 4.69) is 15.6 Å². The van der Waals surface area contributed by atoms with Crippen molar-refractivity contribution in [3.8, 4) is 28.3 Å². The van der Waals surface area contributed by atoms with E-state index >= 15 is 0 Å². The molecule has 4 aromatic rings. The molecule has 0 fully saturated rings. The molecule has 0 aliphatic heterocycles. The molecule has 0 saturated heterocycles. The summed E-state index contributed by atoms with van der Waals surface area (Å²) in [5.74, 6) is 2.04. The summed E-state index contributed by atoms with van der Waals surface area (Å²) in [6.45, 7) is 1.47. The van der Waals surface area contributed by atoms with Crippen LogP contribution in [0, 0.1) is 0 Å². The van der Waals surface area contributed by atoms with Crippen LogP contribution in [-0.2, 0) is 16.0 Å². The second-order valence-electron chi connectivity index (χ2n) is 7.34. The lowest BCUT2D eigenvalue weighted by Gasteiger charge is -2.03. The monoisotopic (exact) mass is 461 g/mol. The van der Waals surface area contributed by atoms with E-state index in [1.165, 1.54) is 18.3 Å². The van der Waals surface area contributed by atoms with Crippen molar-refractivity contribution in [2.45, 2.75) is 19.8 Å². The van der Waals surface area contributed by atoms with Gasteiger partial charge < -0.3 is 19.8 Å². The quantitative estimate of drug-likeness (QED) is 0.356. The molecule has 33 heavy (non-hydrogen) atoms. The normalized spacial score (nSPS) is 10.6. The average molecular weight is 462 g/mol. The largest absolute Gasteiger partial charge is 0.497 e. The fourth-order valence-electron chi connectivity index (χ4n) is 3.23. The first-order valence-corrected chi connectivity index (χ1v) is 11.2. The molecule has 0 unspecified atom stereocenters. The molecule has 7 nitrogen and oxygen atoms in total. The Morgan fingerprint density at radius 2 is 1.70 bits per heavy atom. The molecule has 0 saturated carbocycles. The van der Waals surface area contributed by atoms with Gasteiger partial charge in [-0.3, -0.25) is 9.59 Å². The van der Waals surface area contributed by atoms with Crippen molar-refractivity contribution in [3.63, 3.8) is 0 Å². The zero-order valence-electron chi connectivity index (χ0n) is 18.3. The van der Waals surface area contributed by atoms with Crippen LogP contribution in [0.4, 0.5) is 10.8 Å². The Kier molecular flexibility index (Phi) is 6.85. The fourth-order valence-corrected chi connectivity index (χ4v) is 3.97. The number of benzene rings is 2. The van der Waals surface area contributed by atoms with Gasteiger partial charge in [0.1, 0.15) is 17.3 Å². The Labute approximate surface area is 195 Å². The van der Waals surface area contributed by atoms with Gasteiger partial charge in [0.2, 0.25) is 11.8 Å². The molecule has 0 spiro atoms. The van der Waals surface area contributed by atoms with E-state index in [0.29, 0.717) is 11.6 Å². The maximum absolute atomic E-state index is 12.4. The summed E-state index contributed by atoms with van der Waals surface area (Å²) in [7, 11) is 1.63. The molecule has 0 aliphatic rings. The predicted molar refractivity (Wildman–Crippen MR) is 130 cm³/mol. The molecule has 0 radical (unpaired) electrons. The maximum Gasteiger partial charge on any atom is 0.226 e. The number of nitrogens with one attached hydrogen (secondary N) is 2. The van der Waals surface area contributed by atoms with Gasteiger partial charge in [0.15, 0.2) is 5.13 Å². The number of amides is 2. The Balaban J connectivity index is 1.30. The number of carbonyl (C=O) groups excluding carboxylic acids is 2. The second kappa shape index (κ2) is 10.1. The first-order valence-electron chi connectivity index (χ1n) is 10.4. The molecular formula is C25H23N3O4S. The molecule has 2 heterocycles. The first kappa shape index (κ1) is 22.3. The van der Waals surface area contributed by atoms with Crippen LogP contribution in [0.1, 0.15) is 19.1 Å². The molecule has 0 bridgehead atoms. The topological polar surface area (TPSA) is 93.5 Å². The molecule has 2 amide bonds. The van der Waals surface area contributed by atoms with Gasteiger partial charge in [-0.25, -0.2) is 4.98 Å². The predicted octanol–water partition coefficient (Wildman–Crippen LogP) is 5.61. The molecule has 0 aliphatic carbocycles. The average Bonchev–Trinajstić information content (AvgIpc) is 3.48. The van der Waals surface area contributed by atoms with Gasteiger partial charge in [-0.15, -0.1) is 11.3 Å². The van der Waals surface area contributed by atoms with Gasteiger partial charge >= 0.3 is 0 Å². The minimum Gasteiger partial charge on any atom is -0.497 e. The Bertz CT molecular complexity index is 1240. The summed E-state index contributed by atoms with van der Waals surface area (Å²) in [6, 6.07) is 18.8. The van der Waals surface area contributed by atoms with Crippen LogP contribution < -0.4 is 15.4 Å². The number of nitrogens with zero attached hydrogens (tertiary/aromatic N) is 1. The highest BCUT2D eigenvalue weighted by Gasteiger charge is 2.11. The zero-order chi connectivity index (χ0) is 23.2. The summed E-state index contributed by atoms with van der Waals surface area (Å²) in [5.41, 5.74) is 3.34. The fraction of sp³-hybridized carbons (Fsp3) is 0.160. The Morgan fingerprint density at radius 1 is 0.970 bits per heavy atom.